The first-order chi connectivity index (χ1) is 14.5. The van der Waals surface area contributed by atoms with Crippen LogP contribution >= 0.6 is 23.2 Å². The van der Waals surface area contributed by atoms with E-state index in [1.807, 2.05) is 32.1 Å². The van der Waals surface area contributed by atoms with Crippen molar-refractivity contribution in [2.45, 2.75) is 26.8 Å². The Morgan fingerprint density at radius 1 is 1.23 bits per heavy atom. The molecule has 1 heterocycles. The average molecular weight is 440 g/mol. The van der Waals surface area contributed by atoms with Gasteiger partial charge >= 0.3 is 0 Å². The van der Waals surface area contributed by atoms with Gasteiger partial charge in [0.05, 0.1) is 27.3 Å². The van der Waals surface area contributed by atoms with Crippen LogP contribution in [0.5, 0.6) is 0 Å². The van der Waals surface area contributed by atoms with E-state index in [0.29, 0.717) is 26.8 Å². The molecule has 3 rings (SSSR count). The fourth-order valence-corrected chi connectivity index (χ4v) is 3.62. The summed E-state index contributed by atoms with van der Waals surface area (Å²) >= 11 is 13.0. The van der Waals surface area contributed by atoms with Gasteiger partial charge in [0, 0.05) is 29.4 Å². The van der Waals surface area contributed by atoms with Crippen molar-refractivity contribution in [1.29, 1.82) is 0 Å². The number of pyridine rings is 1. The maximum absolute atomic E-state index is 14.2. The third-order valence-corrected chi connectivity index (χ3v) is 5.21. The number of hydrogen-bond acceptors (Lipinski definition) is 3. The van der Waals surface area contributed by atoms with Gasteiger partial charge in [-0.2, -0.15) is 0 Å². The van der Waals surface area contributed by atoms with E-state index in [-0.39, 0.29) is 11.9 Å². The molecule has 0 amide bonds. The van der Waals surface area contributed by atoms with Crippen molar-refractivity contribution in [3.05, 3.63) is 75.7 Å². The number of anilines is 1. The Morgan fingerprint density at radius 3 is 2.70 bits per heavy atom. The summed E-state index contributed by atoms with van der Waals surface area (Å²) < 4.78 is 14.2. The summed E-state index contributed by atoms with van der Waals surface area (Å²) in [7, 11) is 0. The molecule has 30 heavy (non-hydrogen) atoms. The summed E-state index contributed by atoms with van der Waals surface area (Å²) in [5, 5.41) is 4.97. The molecular weight excluding hydrogens is 420 g/mol. The van der Waals surface area contributed by atoms with Crippen molar-refractivity contribution in [3.8, 4) is 12.0 Å². The van der Waals surface area contributed by atoms with E-state index in [4.69, 9.17) is 23.2 Å². The second kappa shape index (κ2) is 9.75. The molecular formula is C24H20Cl2FN3. The average Bonchev–Trinajstić information content (AvgIpc) is 2.73. The van der Waals surface area contributed by atoms with E-state index in [9.17, 15) is 4.39 Å². The Hall–Kier alpha value is -2.87. The van der Waals surface area contributed by atoms with Crippen molar-refractivity contribution < 1.29 is 4.39 Å². The topological polar surface area (TPSA) is 37.3 Å². The van der Waals surface area contributed by atoms with Gasteiger partial charge in [0.25, 0.3) is 0 Å². The predicted molar refractivity (Wildman–Crippen MR) is 126 cm³/mol. The number of nitrogens with one attached hydrogen (secondary N) is 1. The van der Waals surface area contributed by atoms with Crippen LogP contribution in [0.4, 0.5) is 10.1 Å². The van der Waals surface area contributed by atoms with Crippen LogP contribution in [-0.4, -0.2) is 11.2 Å². The number of halogens is 3. The van der Waals surface area contributed by atoms with E-state index < -0.39 is 0 Å². The zero-order valence-corrected chi connectivity index (χ0v) is 18.3. The Labute approximate surface area is 185 Å². The molecule has 3 nitrogen and oxygen atoms in total. The Bertz CT molecular complexity index is 1210. The number of allylic oxidation sites excluding steroid dienone is 2. The third-order valence-electron chi connectivity index (χ3n) is 4.64. The Morgan fingerprint density at radius 2 is 2.00 bits per heavy atom. The summed E-state index contributed by atoms with van der Waals surface area (Å²) in [6, 6.07) is 12.8. The van der Waals surface area contributed by atoms with Gasteiger partial charge in [0.1, 0.15) is 5.82 Å². The van der Waals surface area contributed by atoms with Crippen molar-refractivity contribution in [3.63, 3.8) is 0 Å². The van der Waals surface area contributed by atoms with Crippen LogP contribution in [0.1, 0.15) is 37.9 Å². The number of nitrogens with zero attached hydrogens (tertiary/aromatic N) is 2. The summed E-state index contributed by atoms with van der Waals surface area (Å²) in [4.78, 5) is 8.48. The van der Waals surface area contributed by atoms with E-state index in [1.54, 1.807) is 37.5 Å². The number of fused-ring (bicyclic) bond motifs is 1. The summed E-state index contributed by atoms with van der Waals surface area (Å²) in [5.41, 5.74) is 3.49. The Balaban J connectivity index is 2.12. The highest BCUT2D eigenvalue weighted by Crippen LogP contribution is 2.37. The number of benzene rings is 2. The van der Waals surface area contributed by atoms with Crippen molar-refractivity contribution in [2.75, 3.05) is 5.32 Å². The zero-order chi connectivity index (χ0) is 21.7. The lowest BCUT2D eigenvalue weighted by molar-refractivity contribution is 0.600. The summed E-state index contributed by atoms with van der Waals surface area (Å²) in [6.07, 6.45) is 5.15. The van der Waals surface area contributed by atoms with Crippen LogP contribution in [0.15, 0.2) is 53.7 Å². The molecule has 0 fully saturated rings. The molecule has 0 aliphatic carbocycles. The monoisotopic (exact) mass is 439 g/mol. The molecule has 0 spiro atoms. The van der Waals surface area contributed by atoms with Gasteiger partial charge in [-0.15, -0.1) is 0 Å². The number of aliphatic imine (C=N–C) groups is 1. The highest BCUT2D eigenvalue weighted by Gasteiger charge is 2.17. The molecule has 0 radical (unpaired) electrons. The largest absolute Gasteiger partial charge is 0.377 e. The molecule has 0 saturated heterocycles. The quantitative estimate of drug-likeness (QED) is 0.334. The lowest BCUT2D eigenvalue weighted by Crippen LogP contribution is -2.09. The maximum Gasteiger partial charge on any atom is 0.128 e. The van der Waals surface area contributed by atoms with Crippen LogP contribution in [0.3, 0.4) is 0 Å². The molecule has 152 valence electrons. The first-order valence-electron chi connectivity index (χ1n) is 9.36. The summed E-state index contributed by atoms with van der Waals surface area (Å²) in [5.74, 6) is 2.45. The van der Waals surface area contributed by atoms with Gasteiger partial charge in [0.15, 0.2) is 0 Å². The molecule has 1 atom stereocenters. The van der Waals surface area contributed by atoms with Gasteiger partial charge in [-0.25, -0.2) is 9.38 Å². The first-order valence-corrected chi connectivity index (χ1v) is 10.1. The van der Waals surface area contributed by atoms with Gasteiger partial charge < -0.3 is 5.32 Å². The van der Waals surface area contributed by atoms with E-state index in [0.717, 1.165) is 16.5 Å². The highest BCUT2D eigenvalue weighted by molar-refractivity contribution is 6.38. The van der Waals surface area contributed by atoms with Crippen LogP contribution in [0.25, 0.3) is 16.5 Å². The summed E-state index contributed by atoms with van der Waals surface area (Å²) in [6.45, 7) is 5.51. The van der Waals surface area contributed by atoms with Gasteiger partial charge in [-0.1, -0.05) is 53.4 Å². The third kappa shape index (κ3) is 4.64. The second-order valence-electron chi connectivity index (χ2n) is 6.59. The smallest absolute Gasteiger partial charge is 0.128 e. The molecule has 0 aliphatic rings. The fourth-order valence-electron chi connectivity index (χ4n) is 3.15. The highest BCUT2D eigenvalue weighted by atomic mass is 35.5. The van der Waals surface area contributed by atoms with Crippen molar-refractivity contribution in [2.24, 2.45) is 4.99 Å². The molecule has 0 saturated carbocycles. The van der Waals surface area contributed by atoms with Crippen LogP contribution in [-0.2, 0) is 0 Å². The fraction of sp³-hybridized carbons (Fsp3) is 0.167. The normalized spacial score (nSPS) is 12.7. The standard InChI is InChI=1S/C24H20Cl2FN3/c1-4-10-28-13-16(5-2)17-11-19-23(20(25)12-17)29-14-21(26)24(19)30-15(3)18-8-6-7-9-22(18)27/h5-9,11-15H,1-3H3,(H,29,30)/b16-5+,28-13?. The SMILES string of the molecule is CC#CN=C/C(=C\C)c1cc(Cl)c2ncc(Cl)c(NC(C)c3ccccc3F)c2c1. The predicted octanol–water partition coefficient (Wildman–Crippen LogP) is 7.31. The van der Waals surface area contributed by atoms with Gasteiger partial charge in [0.2, 0.25) is 0 Å². The van der Waals surface area contributed by atoms with Gasteiger partial charge in [-0.05, 0) is 50.1 Å². The number of hydrogen-bond donors (Lipinski definition) is 1. The zero-order valence-electron chi connectivity index (χ0n) is 16.8. The molecule has 0 aliphatic heterocycles. The lowest BCUT2D eigenvalue weighted by atomic mass is 10.0. The maximum atomic E-state index is 14.2. The molecule has 1 aromatic heterocycles. The molecule has 2 aromatic carbocycles. The minimum Gasteiger partial charge on any atom is -0.377 e. The van der Waals surface area contributed by atoms with E-state index in [1.165, 1.54) is 6.07 Å². The number of rotatable bonds is 5. The van der Waals surface area contributed by atoms with E-state index in [2.05, 4.69) is 27.3 Å². The molecule has 6 heteroatoms. The van der Waals surface area contributed by atoms with Crippen LogP contribution < -0.4 is 5.32 Å². The second-order valence-corrected chi connectivity index (χ2v) is 7.40. The van der Waals surface area contributed by atoms with Crippen LogP contribution in [0, 0.1) is 17.8 Å². The Kier molecular flexibility index (Phi) is 7.10. The van der Waals surface area contributed by atoms with Crippen LogP contribution in [0.2, 0.25) is 10.0 Å². The molecule has 1 N–H and O–H groups in total. The first kappa shape index (κ1) is 21.8. The molecule has 1 unspecified atom stereocenters. The molecule has 0 bridgehead atoms. The molecule has 3 aromatic rings. The minimum atomic E-state index is -0.320. The number of aromatic nitrogens is 1. The van der Waals surface area contributed by atoms with Crippen molar-refractivity contribution in [1.82, 2.24) is 4.98 Å². The van der Waals surface area contributed by atoms with Gasteiger partial charge in [-0.3, -0.25) is 4.98 Å². The van der Waals surface area contributed by atoms with Crippen molar-refractivity contribution >= 4 is 51.6 Å². The lowest BCUT2D eigenvalue weighted by Gasteiger charge is -2.19. The minimum absolute atomic E-state index is 0.282. The van der Waals surface area contributed by atoms with E-state index >= 15 is 0 Å².